The Balaban J connectivity index is 1.45. The Hall–Kier alpha value is -4.16. The second-order valence-electron chi connectivity index (χ2n) is 5.69. The van der Waals surface area contributed by atoms with Crippen molar-refractivity contribution in [2.75, 3.05) is 13.1 Å². The van der Waals surface area contributed by atoms with Crippen molar-refractivity contribution in [3.8, 4) is 0 Å². The van der Waals surface area contributed by atoms with E-state index >= 15 is 0 Å². The third-order valence-electron chi connectivity index (χ3n) is 3.58. The van der Waals surface area contributed by atoms with Gasteiger partial charge in [0.15, 0.2) is 5.82 Å². The van der Waals surface area contributed by atoms with Crippen LogP contribution in [0.1, 0.15) is 26.9 Å². The first-order valence-electron chi connectivity index (χ1n) is 8.24. The van der Waals surface area contributed by atoms with E-state index in [2.05, 4.69) is 25.9 Å². The Labute approximate surface area is 161 Å². The van der Waals surface area contributed by atoms with E-state index in [1.165, 1.54) is 29.1 Å². The second kappa shape index (κ2) is 8.69. The molecule has 0 unspecified atom stereocenters. The fraction of sp³-hybridized carbons (Fsp3) is 0.188. The lowest BCUT2D eigenvalue weighted by Crippen LogP contribution is -2.34. The van der Waals surface area contributed by atoms with Gasteiger partial charge in [-0.2, -0.15) is 10.1 Å². The molecule has 2 amide bonds. The summed E-state index contributed by atoms with van der Waals surface area (Å²) >= 11 is 0. The van der Waals surface area contributed by atoms with Gasteiger partial charge in [0.2, 0.25) is 0 Å². The molecule has 2 aromatic heterocycles. The lowest BCUT2D eigenvalue weighted by Gasteiger charge is -2.05. The van der Waals surface area contributed by atoms with Gasteiger partial charge in [-0.25, -0.2) is 4.39 Å². The predicted octanol–water partition coefficient (Wildman–Crippen LogP) is 0.522. The third kappa shape index (κ3) is 5.18. The van der Waals surface area contributed by atoms with E-state index in [9.17, 15) is 24.1 Å². The molecule has 0 aliphatic heterocycles. The van der Waals surface area contributed by atoms with Gasteiger partial charge in [-0.05, 0) is 18.2 Å². The monoisotopic (exact) mass is 403 g/mol. The van der Waals surface area contributed by atoms with Gasteiger partial charge in [-0.3, -0.25) is 24.4 Å². The van der Waals surface area contributed by atoms with E-state index in [-0.39, 0.29) is 42.6 Å². The normalized spacial score (nSPS) is 10.5. The number of nitrogens with one attached hydrogen (secondary N) is 2. The van der Waals surface area contributed by atoms with Crippen molar-refractivity contribution in [2.24, 2.45) is 0 Å². The van der Waals surface area contributed by atoms with Crippen LogP contribution in [0.25, 0.3) is 0 Å². The number of nitrogens with zero attached hydrogens (tertiary/aromatic N) is 5. The van der Waals surface area contributed by atoms with Crippen molar-refractivity contribution in [3.05, 3.63) is 69.9 Å². The molecular formula is C16H14FN7O5. The first-order chi connectivity index (χ1) is 13.9. The van der Waals surface area contributed by atoms with E-state index < -0.39 is 22.6 Å². The molecule has 2 heterocycles. The summed E-state index contributed by atoms with van der Waals surface area (Å²) in [5, 5.41) is 23.0. The van der Waals surface area contributed by atoms with E-state index in [0.29, 0.717) is 0 Å². The van der Waals surface area contributed by atoms with Crippen LogP contribution in [0.15, 0.2) is 41.2 Å². The maximum absolute atomic E-state index is 13.1. The molecule has 0 atom stereocenters. The van der Waals surface area contributed by atoms with E-state index in [1.807, 2.05) is 0 Å². The van der Waals surface area contributed by atoms with Crippen LogP contribution in [-0.2, 0) is 6.54 Å². The Kier molecular flexibility index (Phi) is 5.87. The molecule has 13 heteroatoms. The highest BCUT2D eigenvalue weighted by Crippen LogP contribution is 2.09. The minimum atomic E-state index is -0.657. The molecule has 0 saturated carbocycles. The molecule has 0 radical (unpaired) electrons. The summed E-state index contributed by atoms with van der Waals surface area (Å²) in [6, 6.07) is 5.21. The highest BCUT2D eigenvalue weighted by Gasteiger charge is 2.16. The highest BCUT2D eigenvalue weighted by molar-refractivity contribution is 5.94. The van der Waals surface area contributed by atoms with Gasteiger partial charge in [0.25, 0.3) is 5.91 Å². The van der Waals surface area contributed by atoms with Crippen LogP contribution >= 0.6 is 0 Å². The standard InChI is InChI=1S/C16H14FN7O5/c17-11-3-1-2-10(6-11)14(25)18-4-5-19-15(26)16-21-13(22-29-16)9-23-8-12(7-20-23)24(27)28/h1-3,6-8H,4-5,9H2,(H,18,25)(H,19,26). The van der Waals surface area contributed by atoms with Crippen LogP contribution in [0.3, 0.4) is 0 Å². The molecule has 12 nitrogen and oxygen atoms in total. The number of aromatic nitrogens is 4. The summed E-state index contributed by atoms with van der Waals surface area (Å²) in [5.74, 6) is -1.86. The summed E-state index contributed by atoms with van der Waals surface area (Å²) in [7, 11) is 0. The molecule has 3 rings (SSSR count). The van der Waals surface area contributed by atoms with Gasteiger partial charge in [0.1, 0.15) is 24.8 Å². The minimum Gasteiger partial charge on any atom is -0.350 e. The van der Waals surface area contributed by atoms with Crippen molar-refractivity contribution >= 4 is 17.5 Å². The Bertz CT molecular complexity index is 1050. The van der Waals surface area contributed by atoms with E-state index in [0.717, 1.165) is 12.3 Å². The number of carbonyl (C=O) groups is 2. The van der Waals surface area contributed by atoms with Crippen molar-refractivity contribution in [3.63, 3.8) is 0 Å². The van der Waals surface area contributed by atoms with Gasteiger partial charge >= 0.3 is 17.5 Å². The van der Waals surface area contributed by atoms with Crippen LogP contribution in [0, 0.1) is 15.9 Å². The van der Waals surface area contributed by atoms with Gasteiger partial charge < -0.3 is 15.2 Å². The Morgan fingerprint density at radius 2 is 2.00 bits per heavy atom. The number of halogens is 1. The molecule has 0 spiro atoms. The zero-order chi connectivity index (χ0) is 20.8. The summed E-state index contributed by atoms with van der Waals surface area (Å²) in [4.78, 5) is 37.8. The van der Waals surface area contributed by atoms with Crippen molar-refractivity contribution in [2.45, 2.75) is 6.54 Å². The molecule has 1 aromatic carbocycles. The lowest BCUT2D eigenvalue weighted by atomic mass is 10.2. The fourth-order valence-electron chi connectivity index (χ4n) is 2.25. The summed E-state index contributed by atoms with van der Waals surface area (Å²) < 4.78 is 19.2. The number of hydrogen-bond donors (Lipinski definition) is 2. The fourth-order valence-corrected chi connectivity index (χ4v) is 2.25. The molecule has 0 bridgehead atoms. The van der Waals surface area contributed by atoms with Crippen LogP contribution in [0.2, 0.25) is 0 Å². The molecular weight excluding hydrogens is 389 g/mol. The van der Waals surface area contributed by atoms with Crippen molar-refractivity contribution in [1.82, 2.24) is 30.6 Å². The maximum Gasteiger partial charge on any atom is 0.316 e. The summed E-state index contributed by atoms with van der Waals surface area (Å²) in [6.45, 7) is 0.149. The van der Waals surface area contributed by atoms with Crippen LogP contribution in [0.4, 0.5) is 10.1 Å². The quantitative estimate of drug-likeness (QED) is 0.313. The Morgan fingerprint density at radius 1 is 1.24 bits per heavy atom. The first-order valence-corrected chi connectivity index (χ1v) is 8.24. The third-order valence-corrected chi connectivity index (χ3v) is 3.58. The molecule has 3 aromatic rings. The summed E-state index contributed by atoms with van der Waals surface area (Å²) in [5.41, 5.74) is -0.0246. The van der Waals surface area contributed by atoms with Gasteiger partial charge in [0, 0.05) is 18.7 Å². The van der Waals surface area contributed by atoms with Crippen LogP contribution < -0.4 is 10.6 Å². The number of rotatable bonds is 8. The predicted molar refractivity (Wildman–Crippen MR) is 93.3 cm³/mol. The number of hydrogen-bond acceptors (Lipinski definition) is 8. The molecule has 0 aliphatic rings. The SMILES string of the molecule is O=C(NCCNC(=O)c1nc(Cn2cc([N+](=O)[O-])cn2)no1)c1cccc(F)c1. The molecule has 0 aliphatic carbocycles. The smallest absolute Gasteiger partial charge is 0.316 e. The summed E-state index contributed by atoms with van der Waals surface area (Å²) in [6.07, 6.45) is 2.27. The largest absolute Gasteiger partial charge is 0.350 e. The maximum atomic E-state index is 13.1. The van der Waals surface area contributed by atoms with Crippen LogP contribution in [0.5, 0.6) is 0 Å². The molecule has 0 fully saturated rings. The number of carbonyl (C=O) groups excluding carboxylic acids is 2. The van der Waals surface area contributed by atoms with E-state index in [1.54, 1.807) is 0 Å². The number of nitro groups is 1. The molecule has 2 N–H and O–H groups in total. The highest BCUT2D eigenvalue weighted by atomic mass is 19.1. The Morgan fingerprint density at radius 3 is 2.69 bits per heavy atom. The van der Waals surface area contributed by atoms with Crippen LogP contribution in [-0.4, -0.2) is 49.7 Å². The zero-order valence-corrected chi connectivity index (χ0v) is 14.7. The second-order valence-corrected chi connectivity index (χ2v) is 5.69. The average molecular weight is 403 g/mol. The number of amides is 2. The first kappa shape index (κ1) is 19.6. The zero-order valence-electron chi connectivity index (χ0n) is 14.7. The molecule has 0 saturated heterocycles. The van der Waals surface area contributed by atoms with Crippen molar-refractivity contribution < 1.29 is 23.4 Å². The molecule has 150 valence electrons. The topological polar surface area (TPSA) is 158 Å². The van der Waals surface area contributed by atoms with Gasteiger partial charge in [0.05, 0.1) is 4.92 Å². The van der Waals surface area contributed by atoms with Crippen molar-refractivity contribution in [1.29, 1.82) is 0 Å². The van der Waals surface area contributed by atoms with Gasteiger partial charge in [-0.1, -0.05) is 11.2 Å². The molecule has 29 heavy (non-hydrogen) atoms. The lowest BCUT2D eigenvalue weighted by molar-refractivity contribution is -0.385. The average Bonchev–Trinajstić information content (AvgIpc) is 3.35. The van der Waals surface area contributed by atoms with E-state index in [4.69, 9.17) is 4.52 Å². The van der Waals surface area contributed by atoms with Gasteiger partial charge in [-0.15, -0.1) is 0 Å². The minimum absolute atomic E-state index is 0.0195. The number of benzene rings is 1.